The zero-order chi connectivity index (χ0) is 40.1. The molecule has 20 heteroatoms. The molecule has 0 spiro atoms. The van der Waals surface area contributed by atoms with Crippen molar-refractivity contribution in [1.29, 1.82) is 0 Å². The van der Waals surface area contributed by atoms with Gasteiger partial charge in [-0.2, -0.15) is 31.4 Å². The van der Waals surface area contributed by atoms with Gasteiger partial charge in [0.05, 0.1) is 17.8 Å². The summed E-state index contributed by atoms with van der Waals surface area (Å²) in [4.78, 5) is 47.2. The number of ether oxygens (including phenoxy) is 2. The number of benzene rings is 2. The number of carboxylic acid groups (broad SMARTS) is 2. The molecular formula is C34H35F6N5O8S. The second-order valence-corrected chi connectivity index (χ2v) is 12.6. The van der Waals surface area contributed by atoms with Gasteiger partial charge in [0.2, 0.25) is 5.91 Å². The lowest BCUT2D eigenvalue weighted by atomic mass is 9.94. The van der Waals surface area contributed by atoms with Gasteiger partial charge in [-0.05, 0) is 79.8 Å². The molecule has 13 nitrogen and oxygen atoms in total. The van der Waals surface area contributed by atoms with Crippen molar-refractivity contribution < 1.29 is 65.2 Å². The van der Waals surface area contributed by atoms with Crippen molar-refractivity contribution in [2.45, 2.75) is 25.2 Å². The average molecular weight is 788 g/mol. The first-order valence-corrected chi connectivity index (χ1v) is 16.6. The number of thiophene rings is 1. The van der Waals surface area contributed by atoms with E-state index in [1.165, 1.54) is 4.88 Å². The topological polar surface area (TPSA) is 183 Å². The minimum atomic E-state index is -5.08. The number of nitrogens with zero attached hydrogens (tertiary/aromatic N) is 2. The lowest BCUT2D eigenvalue weighted by molar-refractivity contribution is -0.193. The van der Waals surface area contributed by atoms with E-state index in [9.17, 15) is 35.9 Å². The summed E-state index contributed by atoms with van der Waals surface area (Å²) in [7, 11) is 3.96. The number of fused-ring (bicyclic) bond motifs is 1. The number of likely N-dealkylation sites (N-methyl/N-ethyl adjacent to an activating group) is 1. The standard InChI is InChI=1S/C30H33N5O4S.2C2HF3O2/c1-35(2)11-12-38-28-16-20(24-17-32-33-18-24)5-7-26(28)34-30(37)23-15-22-14-21(6-8-27(22)39-19-23)29(36)31-10-9-25-4-3-13-40-25;2*3-2(4,5)1(6)7/h3-8,13-14,16-18,23H,9-12,15,19H2,1-2H3,(H,31,36)(H,32,33)(H,34,37);2*(H,6,7). The number of rotatable bonds is 11. The number of amides is 2. The zero-order valence-corrected chi connectivity index (χ0v) is 29.4. The van der Waals surface area contributed by atoms with Crippen molar-refractivity contribution in [3.63, 3.8) is 0 Å². The van der Waals surface area contributed by atoms with Gasteiger partial charge in [0, 0.05) is 35.3 Å². The van der Waals surface area contributed by atoms with Gasteiger partial charge < -0.3 is 35.2 Å². The molecule has 292 valence electrons. The highest BCUT2D eigenvalue weighted by Crippen LogP contribution is 2.33. The molecule has 0 bridgehead atoms. The Morgan fingerprint density at radius 1 is 1.00 bits per heavy atom. The molecule has 2 amide bonds. The first kappa shape index (κ1) is 42.8. The second kappa shape index (κ2) is 19.4. The van der Waals surface area contributed by atoms with Crippen LogP contribution in [0.25, 0.3) is 11.1 Å². The van der Waals surface area contributed by atoms with Crippen molar-refractivity contribution >= 4 is 40.8 Å². The molecule has 5 N–H and O–H groups in total. The molecule has 54 heavy (non-hydrogen) atoms. The molecule has 5 rings (SSSR count). The fourth-order valence-corrected chi connectivity index (χ4v) is 5.18. The summed E-state index contributed by atoms with van der Waals surface area (Å²) >= 11 is 1.68. The van der Waals surface area contributed by atoms with Crippen molar-refractivity contribution in [2.75, 3.05) is 45.7 Å². The van der Waals surface area contributed by atoms with Crippen molar-refractivity contribution in [2.24, 2.45) is 5.92 Å². The van der Waals surface area contributed by atoms with E-state index < -0.39 is 30.2 Å². The van der Waals surface area contributed by atoms with Gasteiger partial charge in [-0.15, -0.1) is 11.3 Å². The Morgan fingerprint density at radius 3 is 2.26 bits per heavy atom. The van der Waals surface area contributed by atoms with Crippen LogP contribution in [0, 0.1) is 5.92 Å². The van der Waals surface area contributed by atoms with Gasteiger partial charge in [0.1, 0.15) is 24.7 Å². The smallest absolute Gasteiger partial charge is 0.490 e. The van der Waals surface area contributed by atoms with E-state index in [4.69, 9.17) is 29.3 Å². The van der Waals surface area contributed by atoms with Crippen molar-refractivity contribution in [3.8, 4) is 22.6 Å². The number of carboxylic acids is 2. The molecule has 4 aromatic rings. The highest BCUT2D eigenvalue weighted by Gasteiger charge is 2.39. The minimum absolute atomic E-state index is 0.136. The molecule has 0 saturated carbocycles. The van der Waals surface area contributed by atoms with E-state index >= 15 is 0 Å². The highest BCUT2D eigenvalue weighted by molar-refractivity contribution is 7.09. The van der Waals surface area contributed by atoms with Crippen LogP contribution >= 0.6 is 11.3 Å². The number of alkyl halides is 6. The Bertz CT molecular complexity index is 1830. The number of nitrogens with one attached hydrogen (secondary N) is 3. The maximum absolute atomic E-state index is 13.3. The maximum Gasteiger partial charge on any atom is 0.490 e. The molecule has 1 aliphatic heterocycles. The first-order chi connectivity index (χ1) is 25.3. The summed E-state index contributed by atoms with van der Waals surface area (Å²) in [5.41, 5.74) is 3.86. The van der Waals surface area contributed by atoms with E-state index in [0.29, 0.717) is 42.3 Å². The number of H-pyrrole nitrogens is 1. The molecular weight excluding hydrogens is 752 g/mol. The number of hydrogen-bond acceptors (Lipinski definition) is 9. The summed E-state index contributed by atoms with van der Waals surface area (Å²) in [5, 5.41) is 29.2. The van der Waals surface area contributed by atoms with Gasteiger partial charge in [0.25, 0.3) is 5.91 Å². The molecule has 0 saturated heterocycles. The molecule has 0 fully saturated rings. The lowest BCUT2D eigenvalue weighted by Gasteiger charge is -2.25. The Labute approximate surface area is 307 Å². The van der Waals surface area contributed by atoms with Crippen LogP contribution in [-0.2, 0) is 27.2 Å². The van der Waals surface area contributed by atoms with E-state index in [1.807, 2.05) is 67.0 Å². The van der Waals surface area contributed by atoms with Crippen LogP contribution in [-0.4, -0.2) is 102 Å². The molecule has 0 radical (unpaired) electrons. The van der Waals surface area contributed by atoms with Crippen LogP contribution in [0.2, 0.25) is 0 Å². The Kier molecular flexibility index (Phi) is 15.4. The Morgan fingerprint density at radius 2 is 1.69 bits per heavy atom. The number of aromatic amines is 1. The fraction of sp³-hybridized carbons (Fsp3) is 0.324. The molecule has 3 heterocycles. The predicted octanol–water partition coefficient (Wildman–Crippen LogP) is 5.51. The monoisotopic (exact) mass is 787 g/mol. The van der Waals surface area contributed by atoms with Gasteiger partial charge in [-0.25, -0.2) is 9.59 Å². The highest BCUT2D eigenvalue weighted by atomic mass is 32.1. The summed E-state index contributed by atoms with van der Waals surface area (Å²) in [6, 6.07) is 15.1. The number of anilines is 1. The lowest BCUT2D eigenvalue weighted by Crippen LogP contribution is -2.33. The van der Waals surface area contributed by atoms with E-state index in [2.05, 4.69) is 26.9 Å². The van der Waals surface area contributed by atoms with Crippen LogP contribution in [0.3, 0.4) is 0 Å². The van der Waals surface area contributed by atoms with Crippen LogP contribution in [0.5, 0.6) is 11.5 Å². The number of carbonyl (C=O) groups is 4. The number of halogens is 6. The van der Waals surface area contributed by atoms with Crippen LogP contribution in [0.1, 0.15) is 20.8 Å². The molecule has 1 unspecified atom stereocenters. The Balaban J connectivity index is 0.000000476. The fourth-order valence-electron chi connectivity index (χ4n) is 4.47. The van der Waals surface area contributed by atoms with E-state index in [1.54, 1.807) is 23.6 Å². The summed E-state index contributed by atoms with van der Waals surface area (Å²) in [6.45, 7) is 2.04. The largest absolute Gasteiger partial charge is 0.492 e. The zero-order valence-electron chi connectivity index (χ0n) is 28.6. The normalized spacial score (nSPS) is 13.5. The summed E-state index contributed by atoms with van der Waals surface area (Å²) in [5.74, 6) is -4.93. The van der Waals surface area contributed by atoms with E-state index in [-0.39, 0.29) is 18.4 Å². The molecule has 2 aromatic heterocycles. The molecule has 0 aliphatic carbocycles. The van der Waals surface area contributed by atoms with Gasteiger partial charge in [0.15, 0.2) is 0 Å². The predicted molar refractivity (Wildman–Crippen MR) is 184 cm³/mol. The van der Waals surface area contributed by atoms with Crippen molar-refractivity contribution in [1.82, 2.24) is 20.4 Å². The van der Waals surface area contributed by atoms with Gasteiger partial charge in [-0.3, -0.25) is 14.7 Å². The number of carbonyl (C=O) groups excluding carboxylic acids is 2. The third-order valence-corrected chi connectivity index (χ3v) is 8.13. The number of aliphatic carboxylic acids is 2. The van der Waals surface area contributed by atoms with Crippen LogP contribution in [0.4, 0.5) is 32.0 Å². The minimum Gasteiger partial charge on any atom is -0.492 e. The maximum atomic E-state index is 13.3. The molecule has 1 atom stereocenters. The van der Waals surface area contributed by atoms with Gasteiger partial charge >= 0.3 is 24.3 Å². The average Bonchev–Trinajstić information content (AvgIpc) is 3.83. The van der Waals surface area contributed by atoms with Crippen molar-refractivity contribution in [3.05, 3.63) is 82.3 Å². The van der Waals surface area contributed by atoms with Gasteiger partial charge in [-0.1, -0.05) is 12.1 Å². The first-order valence-electron chi connectivity index (χ1n) is 15.7. The van der Waals surface area contributed by atoms with Crippen LogP contribution in [0.15, 0.2) is 66.3 Å². The molecule has 2 aromatic carbocycles. The summed E-state index contributed by atoms with van der Waals surface area (Å²) in [6.07, 6.45) is -5.34. The number of aromatic nitrogens is 2. The third-order valence-electron chi connectivity index (χ3n) is 7.19. The summed E-state index contributed by atoms with van der Waals surface area (Å²) < 4.78 is 75.5. The molecule has 1 aliphatic rings. The SMILES string of the molecule is CN(C)CCOc1cc(-c2cn[nH]c2)ccc1NC(=O)C1COc2ccc(C(=O)NCCc3cccs3)cc2C1.O=C(O)C(F)(F)F.O=C(O)C(F)(F)F. The second-order valence-electron chi connectivity index (χ2n) is 11.6. The quantitative estimate of drug-likeness (QED) is 0.122. The third kappa shape index (κ3) is 13.7. The van der Waals surface area contributed by atoms with Crippen LogP contribution < -0.4 is 20.1 Å². The Hall–Kier alpha value is -5.63. The number of hydrogen-bond donors (Lipinski definition) is 5. The van der Waals surface area contributed by atoms with E-state index in [0.717, 1.165) is 29.7 Å².